The first kappa shape index (κ1) is 13.8. The molecule has 0 radical (unpaired) electrons. The molecule has 0 saturated carbocycles. The lowest BCUT2D eigenvalue weighted by atomic mass is 9.95. The second-order valence-corrected chi connectivity index (χ2v) is 2.89. The minimum Gasteiger partial charge on any atom is -0.396 e. The largest absolute Gasteiger partial charge is 0.396 e. The maximum Gasteiger partial charge on any atom is 0.143 e. The number of hydrogen-bond donors (Lipinski definition) is 4. The van der Waals surface area contributed by atoms with Gasteiger partial charge in [-0.05, 0) is 0 Å². The molecule has 86 valence electrons. The van der Waals surface area contributed by atoms with Gasteiger partial charge in [-0.15, -0.1) is 0 Å². The number of rotatable bonds is 9. The first-order valence-electron chi connectivity index (χ1n) is 4.39. The van der Waals surface area contributed by atoms with Gasteiger partial charge in [-0.25, -0.2) is 0 Å². The van der Waals surface area contributed by atoms with Crippen molar-refractivity contribution in [1.29, 1.82) is 0 Å². The quantitative estimate of drug-likeness (QED) is 0.333. The van der Waals surface area contributed by atoms with Gasteiger partial charge in [0.1, 0.15) is 13.6 Å². The van der Waals surface area contributed by atoms with Gasteiger partial charge in [0.15, 0.2) is 0 Å². The second-order valence-electron chi connectivity index (χ2n) is 2.89. The van der Waals surface area contributed by atoms with Gasteiger partial charge >= 0.3 is 0 Å². The van der Waals surface area contributed by atoms with Crippen LogP contribution >= 0.6 is 0 Å². The third-order valence-corrected chi connectivity index (χ3v) is 1.98. The highest BCUT2D eigenvalue weighted by atomic mass is 16.6. The summed E-state index contributed by atoms with van der Waals surface area (Å²) in [6, 6.07) is 0. The van der Waals surface area contributed by atoms with Crippen LogP contribution < -0.4 is 0 Å². The zero-order valence-corrected chi connectivity index (χ0v) is 8.00. The van der Waals surface area contributed by atoms with Crippen molar-refractivity contribution in [3.8, 4) is 0 Å². The summed E-state index contributed by atoms with van der Waals surface area (Å²) >= 11 is 0. The molecule has 0 rings (SSSR count). The van der Waals surface area contributed by atoms with E-state index in [-0.39, 0.29) is 38.3 Å². The van der Waals surface area contributed by atoms with Crippen molar-refractivity contribution in [1.82, 2.24) is 0 Å². The van der Waals surface area contributed by atoms with Gasteiger partial charge in [-0.3, -0.25) is 0 Å². The van der Waals surface area contributed by atoms with Crippen LogP contribution in [-0.2, 0) is 9.47 Å². The molecule has 0 aromatic rings. The van der Waals surface area contributed by atoms with Crippen molar-refractivity contribution >= 4 is 0 Å². The van der Waals surface area contributed by atoms with E-state index in [4.69, 9.17) is 29.9 Å². The van der Waals surface area contributed by atoms with Gasteiger partial charge in [0.2, 0.25) is 0 Å². The Bertz CT molecular complexity index is 106. The molecule has 0 saturated heterocycles. The smallest absolute Gasteiger partial charge is 0.143 e. The lowest BCUT2D eigenvalue weighted by molar-refractivity contribution is -0.0726. The Morgan fingerprint density at radius 3 is 1.29 bits per heavy atom. The minimum atomic E-state index is -0.421. The minimum absolute atomic E-state index is 0.146. The highest BCUT2D eigenvalue weighted by Gasteiger charge is 2.20. The molecule has 0 aromatic carbocycles. The predicted molar refractivity (Wildman–Crippen MR) is 47.2 cm³/mol. The lowest BCUT2D eigenvalue weighted by Crippen LogP contribution is -2.30. The summed E-state index contributed by atoms with van der Waals surface area (Å²) in [6.45, 7) is -0.884. The molecule has 4 N–H and O–H groups in total. The lowest BCUT2D eigenvalue weighted by Gasteiger charge is -2.22. The van der Waals surface area contributed by atoms with E-state index in [1.807, 2.05) is 0 Å². The van der Waals surface area contributed by atoms with Crippen LogP contribution in [0.25, 0.3) is 0 Å². The van der Waals surface area contributed by atoms with Gasteiger partial charge in [-0.1, -0.05) is 0 Å². The standard InChI is InChI=1S/C8H18O6/c9-1-7(3-13-5-11)8(2-10)4-14-6-12/h7-12H,1-6H2/t7-,8-/m0/s1. The topological polar surface area (TPSA) is 99.4 Å². The molecule has 14 heavy (non-hydrogen) atoms. The van der Waals surface area contributed by atoms with Gasteiger partial charge < -0.3 is 29.9 Å². The van der Waals surface area contributed by atoms with E-state index in [2.05, 4.69) is 0 Å². The highest BCUT2D eigenvalue weighted by Crippen LogP contribution is 2.12. The maximum absolute atomic E-state index is 8.96. The Morgan fingerprint density at radius 2 is 1.07 bits per heavy atom. The van der Waals surface area contributed by atoms with E-state index in [1.165, 1.54) is 0 Å². The number of ether oxygens (including phenoxy) is 2. The zero-order valence-electron chi connectivity index (χ0n) is 8.00. The zero-order chi connectivity index (χ0) is 10.8. The summed E-state index contributed by atoms with van der Waals surface area (Å²) in [7, 11) is 0. The summed E-state index contributed by atoms with van der Waals surface area (Å²) in [6.07, 6.45) is 0. The fourth-order valence-electron chi connectivity index (χ4n) is 1.08. The van der Waals surface area contributed by atoms with Crippen LogP contribution in [-0.4, -0.2) is 60.4 Å². The van der Waals surface area contributed by atoms with E-state index in [0.29, 0.717) is 0 Å². The van der Waals surface area contributed by atoms with Crippen molar-refractivity contribution in [2.45, 2.75) is 0 Å². The Balaban J connectivity index is 3.87. The van der Waals surface area contributed by atoms with Crippen LogP contribution in [0.2, 0.25) is 0 Å². The first-order valence-corrected chi connectivity index (χ1v) is 4.39. The molecule has 0 unspecified atom stereocenters. The van der Waals surface area contributed by atoms with Crippen LogP contribution in [0, 0.1) is 11.8 Å². The summed E-state index contributed by atoms with van der Waals surface area (Å²) in [5.41, 5.74) is 0. The average Bonchev–Trinajstić information content (AvgIpc) is 2.23. The molecule has 0 aliphatic rings. The summed E-state index contributed by atoms with van der Waals surface area (Å²) in [5, 5.41) is 34.7. The molecular formula is C8H18O6. The number of aliphatic hydroxyl groups excluding tert-OH is 4. The van der Waals surface area contributed by atoms with Crippen molar-refractivity contribution in [2.75, 3.05) is 40.0 Å². The van der Waals surface area contributed by atoms with Crippen molar-refractivity contribution in [3.63, 3.8) is 0 Å². The maximum atomic E-state index is 8.96. The molecule has 0 bridgehead atoms. The summed E-state index contributed by atoms with van der Waals surface area (Å²) in [5.74, 6) is -0.614. The van der Waals surface area contributed by atoms with Gasteiger partial charge in [0, 0.05) is 25.0 Å². The fraction of sp³-hybridized carbons (Fsp3) is 1.00. The Morgan fingerprint density at radius 1 is 0.714 bits per heavy atom. The van der Waals surface area contributed by atoms with Crippen molar-refractivity contribution < 1.29 is 29.9 Å². The monoisotopic (exact) mass is 210 g/mol. The SMILES string of the molecule is OCOC[C@H](CO)[C@@H](CO)COCO. The fourth-order valence-corrected chi connectivity index (χ4v) is 1.08. The first-order chi connectivity index (χ1) is 6.79. The predicted octanol–water partition coefficient (Wildman–Crippen LogP) is -1.86. The molecule has 6 heteroatoms. The van der Waals surface area contributed by atoms with Gasteiger partial charge in [0.05, 0.1) is 13.2 Å². The van der Waals surface area contributed by atoms with Gasteiger partial charge in [0.25, 0.3) is 0 Å². The van der Waals surface area contributed by atoms with Crippen molar-refractivity contribution in [3.05, 3.63) is 0 Å². The van der Waals surface area contributed by atoms with E-state index >= 15 is 0 Å². The molecular weight excluding hydrogens is 192 g/mol. The third-order valence-electron chi connectivity index (χ3n) is 1.98. The van der Waals surface area contributed by atoms with Crippen LogP contribution in [0.5, 0.6) is 0 Å². The summed E-state index contributed by atoms with van der Waals surface area (Å²) in [4.78, 5) is 0. The van der Waals surface area contributed by atoms with E-state index < -0.39 is 13.6 Å². The molecule has 0 aliphatic heterocycles. The molecule has 0 amide bonds. The van der Waals surface area contributed by atoms with Crippen LogP contribution in [0.15, 0.2) is 0 Å². The average molecular weight is 210 g/mol. The van der Waals surface area contributed by atoms with E-state index in [9.17, 15) is 0 Å². The Hall–Kier alpha value is -0.240. The Labute approximate surface area is 82.7 Å². The molecule has 0 fully saturated rings. The molecule has 0 aromatic heterocycles. The van der Waals surface area contributed by atoms with Crippen LogP contribution in [0.1, 0.15) is 0 Å². The Kier molecular flexibility index (Phi) is 9.16. The van der Waals surface area contributed by atoms with Gasteiger partial charge in [-0.2, -0.15) is 0 Å². The number of hydrogen-bond acceptors (Lipinski definition) is 6. The van der Waals surface area contributed by atoms with Crippen molar-refractivity contribution in [2.24, 2.45) is 11.8 Å². The normalized spacial score (nSPS) is 15.4. The highest BCUT2D eigenvalue weighted by molar-refractivity contribution is 4.67. The van der Waals surface area contributed by atoms with E-state index in [1.54, 1.807) is 0 Å². The number of aliphatic hydroxyl groups is 4. The summed E-state index contributed by atoms with van der Waals surface area (Å²) < 4.78 is 9.43. The molecule has 2 atom stereocenters. The van der Waals surface area contributed by atoms with Crippen LogP contribution in [0.3, 0.4) is 0 Å². The molecule has 0 aliphatic carbocycles. The van der Waals surface area contributed by atoms with E-state index in [0.717, 1.165) is 0 Å². The second kappa shape index (κ2) is 9.32. The molecule has 0 spiro atoms. The third kappa shape index (κ3) is 5.48. The molecule has 6 nitrogen and oxygen atoms in total. The van der Waals surface area contributed by atoms with Crippen LogP contribution in [0.4, 0.5) is 0 Å². The molecule has 0 heterocycles.